The van der Waals surface area contributed by atoms with Crippen LogP contribution in [0.4, 0.5) is 0 Å². The number of aryl methyl sites for hydroxylation is 1. The molecule has 2 N–H and O–H groups in total. The Balaban J connectivity index is 0.00000208. The SMILES string of the molecule is Cc1ccc(C2OCCCC2NC(=O)CC2COCCN2)cc1.Cl. The van der Waals surface area contributed by atoms with Gasteiger partial charge in [0.2, 0.25) is 5.91 Å². The van der Waals surface area contributed by atoms with E-state index in [1.165, 1.54) is 5.56 Å². The molecule has 1 amide bonds. The lowest BCUT2D eigenvalue weighted by Gasteiger charge is -2.33. The van der Waals surface area contributed by atoms with Crippen LogP contribution in [0.1, 0.15) is 36.5 Å². The number of hydrogen-bond acceptors (Lipinski definition) is 4. The smallest absolute Gasteiger partial charge is 0.221 e. The van der Waals surface area contributed by atoms with Gasteiger partial charge in [-0.05, 0) is 25.3 Å². The van der Waals surface area contributed by atoms with Crippen LogP contribution in [0, 0.1) is 6.92 Å². The minimum atomic E-state index is -0.0520. The molecule has 24 heavy (non-hydrogen) atoms. The maximum Gasteiger partial charge on any atom is 0.221 e. The summed E-state index contributed by atoms with van der Waals surface area (Å²) in [6.45, 7) is 4.98. The van der Waals surface area contributed by atoms with Gasteiger partial charge >= 0.3 is 0 Å². The van der Waals surface area contributed by atoms with Crippen molar-refractivity contribution >= 4 is 18.3 Å². The first-order chi connectivity index (χ1) is 11.2. The third kappa shape index (κ3) is 5.18. The number of morpholine rings is 1. The minimum absolute atomic E-state index is 0. The van der Waals surface area contributed by atoms with Crippen molar-refractivity contribution in [2.75, 3.05) is 26.4 Å². The van der Waals surface area contributed by atoms with Gasteiger partial charge in [-0.25, -0.2) is 0 Å². The second kappa shape index (κ2) is 9.37. The summed E-state index contributed by atoms with van der Waals surface area (Å²) in [7, 11) is 0. The Hall–Kier alpha value is -1.14. The molecule has 0 aromatic heterocycles. The molecule has 2 saturated heterocycles. The highest BCUT2D eigenvalue weighted by Crippen LogP contribution is 2.28. The predicted octanol–water partition coefficient (Wildman–Crippen LogP) is 2.13. The van der Waals surface area contributed by atoms with Crippen molar-refractivity contribution < 1.29 is 14.3 Å². The summed E-state index contributed by atoms with van der Waals surface area (Å²) in [5, 5.41) is 6.49. The number of ether oxygens (including phenoxy) is 2. The van der Waals surface area contributed by atoms with Crippen LogP contribution in [0.2, 0.25) is 0 Å². The van der Waals surface area contributed by atoms with Crippen molar-refractivity contribution in [1.82, 2.24) is 10.6 Å². The van der Waals surface area contributed by atoms with Gasteiger partial charge in [-0.3, -0.25) is 4.79 Å². The molecule has 2 fully saturated rings. The van der Waals surface area contributed by atoms with Crippen LogP contribution >= 0.6 is 12.4 Å². The number of nitrogens with one attached hydrogen (secondary N) is 2. The largest absolute Gasteiger partial charge is 0.378 e. The van der Waals surface area contributed by atoms with E-state index in [0.717, 1.165) is 38.2 Å². The lowest BCUT2D eigenvalue weighted by Crippen LogP contribution is -2.47. The molecule has 1 aromatic carbocycles. The summed E-state index contributed by atoms with van der Waals surface area (Å²) >= 11 is 0. The fourth-order valence-corrected chi connectivity index (χ4v) is 3.25. The molecule has 2 aliphatic heterocycles. The second-order valence-electron chi connectivity index (χ2n) is 6.45. The van der Waals surface area contributed by atoms with Gasteiger partial charge in [0.05, 0.1) is 19.3 Å². The van der Waals surface area contributed by atoms with E-state index in [-0.39, 0.29) is 36.5 Å². The number of carbonyl (C=O) groups is 1. The van der Waals surface area contributed by atoms with Crippen LogP contribution in [0.25, 0.3) is 0 Å². The van der Waals surface area contributed by atoms with Crippen molar-refractivity contribution in [3.63, 3.8) is 0 Å². The number of halogens is 1. The molecule has 0 aliphatic carbocycles. The van der Waals surface area contributed by atoms with E-state index in [4.69, 9.17) is 9.47 Å². The van der Waals surface area contributed by atoms with Gasteiger partial charge in [-0.1, -0.05) is 29.8 Å². The van der Waals surface area contributed by atoms with Gasteiger partial charge < -0.3 is 20.1 Å². The Morgan fingerprint density at radius 1 is 1.29 bits per heavy atom. The van der Waals surface area contributed by atoms with Crippen molar-refractivity contribution in [3.8, 4) is 0 Å². The number of carbonyl (C=O) groups excluding carboxylic acids is 1. The summed E-state index contributed by atoms with van der Waals surface area (Å²) < 4.78 is 11.4. The quantitative estimate of drug-likeness (QED) is 0.869. The zero-order valence-electron chi connectivity index (χ0n) is 14.1. The number of hydrogen-bond donors (Lipinski definition) is 2. The molecule has 134 valence electrons. The van der Waals surface area contributed by atoms with E-state index < -0.39 is 0 Å². The average Bonchev–Trinajstić information content (AvgIpc) is 2.57. The topological polar surface area (TPSA) is 59.6 Å². The Labute approximate surface area is 149 Å². The first-order valence-corrected chi connectivity index (χ1v) is 8.51. The summed E-state index contributed by atoms with van der Waals surface area (Å²) in [6.07, 6.45) is 2.34. The van der Waals surface area contributed by atoms with Crippen LogP contribution < -0.4 is 10.6 Å². The molecule has 3 atom stereocenters. The minimum Gasteiger partial charge on any atom is -0.378 e. The molecule has 1 aromatic rings. The number of benzene rings is 1. The van der Waals surface area contributed by atoms with Gasteiger partial charge in [0.1, 0.15) is 6.10 Å². The van der Waals surface area contributed by atoms with E-state index in [9.17, 15) is 4.79 Å². The van der Waals surface area contributed by atoms with Crippen molar-refractivity contribution in [1.29, 1.82) is 0 Å². The fraction of sp³-hybridized carbons (Fsp3) is 0.611. The van der Waals surface area contributed by atoms with Gasteiger partial charge in [0.25, 0.3) is 0 Å². The highest BCUT2D eigenvalue weighted by atomic mass is 35.5. The molecule has 5 nitrogen and oxygen atoms in total. The monoisotopic (exact) mass is 354 g/mol. The highest BCUT2D eigenvalue weighted by molar-refractivity contribution is 5.85. The van der Waals surface area contributed by atoms with Crippen LogP contribution in [-0.4, -0.2) is 44.4 Å². The zero-order valence-corrected chi connectivity index (χ0v) is 14.9. The van der Waals surface area contributed by atoms with E-state index in [1.54, 1.807) is 0 Å². The van der Waals surface area contributed by atoms with Crippen LogP contribution in [0.5, 0.6) is 0 Å². The summed E-state index contributed by atoms with van der Waals surface area (Å²) in [5.41, 5.74) is 2.37. The van der Waals surface area contributed by atoms with Crippen LogP contribution in [0.3, 0.4) is 0 Å². The molecule has 3 unspecified atom stereocenters. The van der Waals surface area contributed by atoms with Gasteiger partial charge in [0.15, 0.2) is 0 Å². The zero-order chi connectivity index (χ0) is 16.1. The third-order valence-electron chi connectivity index (χ3n) is 4.50. The molecule has 0 saturated carbocycles. The van der Waals surface area contributed by atoms with Gasteiger partial charge in [-0.15, -0.1) is 12.4 Å². The molecule has 2 heterocycles. The van der Waals surface area contributed by atoms with Crippen molar-refractivity contribution in [3.05, 3.63) is 35.4 Å². The van der Waals surface area contributed by atoms with E-state index in [2.05, 4.69) is 41.8 Å². The first-order valence-electron chi connectivity index (χ1n) is 8.51. The Kier molecular flexibility index (Phi) is 7.49. The lowest BCUT2D eigenvalue weighted by molar-refractivity contribution is -0.125. The van der Waals surface area contributed by atoms with E-state index in [0.29, 0.717) is 13.0 Å². The fourth-order valence-electron chi connectivity index (χ4n) is 3.25. The van der Waals surface area contributed by atoms with E-state index >= 15 is 0 Å². The molecule has 0 bridgehead atoms. The molecule has 2 aliphatic rings. The second-order valence-corrected chi connectivity index (χ2v) is 6.45. The molecular weight excluding hydrogens is 328 g/mol. The molecule has 6 heteroatoms. The maximum absolute atomic E-state index is 12.3. The van der Waals surface area contributed by atoms with Crippen LogP contribution in [0.15, 0.2) is 24.3 Å². The summed E-state index contributed by atoms with van der Waals surface area (Å²) in [6, 6.07) is 8.54. The Morgan fingerprint density at radius 2 is 2.08 bits per heavy atom. The molecule has 0 spiro atoms. The normalized spacial score (nSPS) is 27.1. The molecular formula is C18H27ClN2O3. The van der Waals surface area contributed by atoms with Crippen LogP contribution in [-0.2, 0) is 14.3 Å². The third-order valence-corrected chi connectivity index (χ3v) is 4.50. The summed E-state index contributed by atoms with van der Waals surface area (Å²) in [4.78, 5) is 12.3. The molecule has 3 rings (SSSR count). The van der Waals surface area contributed by atoms with Crippen molar-refractivity contribution in [2.45, 2.75) is 44.4 Å². The standard InChI is InChI=1S/C18H26N2O3.ClH/c1-13-4-6-14(7-5-13)18-16(3-2-9-23-18)20-17(21)11-15-12-22-10-8-19-15;/h4-7,15-16,18-19H,2-3,8-12H2,1H3,(H,20,21);1H. The highest BCUT2D eigenvalue weighted by Gasteiger charge is 2.29. The van der Waals surface area contributed by atoms with E-state index in [1.807, 2.05) is 0 Å². The first kappa shape index (κ1) is 19.2. The lowest BCUT2D eigenvalue weighted by atomic mass is 9.95. The van der Waals surface area contributed by atoms with Crippen molar-refractivity contribution in [2.24, 2.45) is 0 Å². The summed E-state index contributed by atoms with van der Waals surface area (Å²) in [5.74, 6) is 0.0700. The van der Waals surface area contributed by atoms with Gasteiger partial charge in [0, 0.05) is 25.6 Å². The average molecular weight is 355 g/mol. The predicted molar refractivity (Wildman–Crippen MR) is 95.5 cm³/mol. The maximum atomic E-state index is 12.3. The molecule has 0 radical (unpaired) electrons. The van der Waals surface area contributed by atoms with Gasteiger partial charge in [-0.2, -0.15) is 0 Å². The Morgan fingerprint density at radius 3 is 2.79 bits per heavy atom. The number of rotatable bonds is 4. The number of amides is 1. The Bertz CT molecular complexity index is 518.